The van der Waals surface area contributed by atoms with Crippen molar-refractivity contribution in [3.8, 4) is 0 Å². The fraction of sp³-hybridized carbons (Fsp3) is 0. The number of hydrogen-bond acceptors (Lipinski definition) is 3. The molecule has 0 unspecified atom stereocenters. The van der Waals surface area contributed by atoms with Gasteiger partial charge in [-0.2, -0.15) is 0 Å². The first-order valence-electron chi connectivity index (χ1n) is 0.775. The van der Waals surface area contributed by atoms with Crippen molar-refractivity contribution in [3.05, 3.63) is 0 Å². The van der Waals surface area contributed by atoms with E-state index in [4.69, 9.17) is 15.1 Å². The molecule has 0 saturated carbocycles. The molecule has 3 nitrogen and oxygen atoms in total. The van der Waals surface area contributed by atoms with Crippen LogP contribution in [0.15, 0.2) is 0 Å². The van der Waals surface area contributed by atoms with E-state index in [0.29, 0.717) is 0 Å². The van der Waals surface area contributed by atoms with Crippen LogP contribution in [0.1, 0.15) is 0 Å². The molecule has 6 heavy (non-hydrogen) atoms. The van der Waals surface area contributed by atoms with Crippen molar-refractivity contribution in [2.24, 2.45) is 0 Å². The van der Waals surface area contributed by atoms with E-state index in [9.17, 15) is 0 Å². The summed E-state index contributed by atoms with van der Waals surface area (Å²) in [5.74, 6) is 0. The largest absolute Gasteiger partial charge is 0.631 e. The molecule has 0 radical (unpaired) electrons. The van der Waals surface area contributed by atoms with Gasteiger partial charge < -0.3 is 15.1 Å². The van der Waals surface area contributed by atoms with Gasteiger partial charge in [-0.1, -0.05) is 0 Å². The van der Waals surface area contributed by atoms with Gasteiger partial charge in [0.15, 0.2) is 0 Å². The van der Waals surface area contributed by atoms with E-state index in [2.05, 4.69) is 0 Å². The molecular weight excluding hydrogens is 292 g/mol. The Hall–Kier alpha value is 1.34. The Labute approximate surface area is 66.6 Å². The van der Waals surface area contributed by atoms with Crippen LogP contribution in [-0.4, -0.2) is 22.4 Å². The second-order valence-electron chi connectivity index (χ2n) is 0.346. The van der Waals surface area contributed by atoms with Crippen molar-refractivity contribution < 1.29 is 35.5 Å². The standard InChI is InChI=1S/BH3O3.HI.Pd/c2-1(3)4;;/h2-4H;1H;. The van der Waals surface area contributed by atoms with Gasteiger partial charge in [0.25, 0.3) is 0 Å². The van der Waals surface area contributed by atoms with Crippen molar-refractivity contribution in [2.75, 3.05) is 0 Å². The minimum Gasteiger partial charge on any atom is -0.402 e. The molecule has 0 spiro atoms. The first kappa shape index (κ1) is 15.7. The zero-order chi connectivity index (χ0) is 3.58. The maximum atomic E-state index is 7.17. The summed E-state index contributed by atoms with van der Waals surface area (Å²) in [6.07, 6.45) is 0. The molecule has 0 heterocycles. The van der Waals surface area contributed by atoms with Crippen LogP contribution in [0, 0.1) is 0 Å². The predicted molar refractivity (Wildman–Crippen MR) is 27.8 cm³/mol. The molecule has 0 aliphatic heterocycles. The minimum absolute atomic E-state index is 0. The second kappa shape index (κ2) is 9.60. The minimum atomic E-state index is -2.17. The predicted octanol–water partition coefficient (Wildman–Crippen LogP) is -1.44. The van der Waals surface area contributed by atoms with E-state index < -0.39 is 7.32 Å². The average molecular weight is 296 g/mol. The third-order valence-electron chi connectivity index (χ3n) is 0. The van der Waals surface area contributed by atoms with Crippen LogP contribution in [0.25, 0.3) is 0 Å². The Morgan fingerprint density at radius 2 is 1.00 bits per heavy atom. The van der Waals surface area contributed by atoms with Crippen molar-refractivity contribution in [2.45, 2.75) is 0 Å². The van der Waals surface area contributed by atoms with Gasteiger partial charge >= 0.3 is 7.32 Å². The van der Waals surface area contributed by atoms with Crippen LogP contribution in [0.4, 0.5) is 0 Å². The summed E-state index contributed by atoms with van der Waals surface area (Å²) >= 11 is 0. The summed E-state index contributed by atoms with van der Waals surface area (Å²) in [4.78, 5) is 0. The van der Waals surface area contributed by atoms with Crippen LogP contribution in [-0.2, 0) is 20.4 Å². The van der Waals surface area contributed by atoms with Crippen molar-refractivity contribution in [3.63, 3.8) is 0 Å². The smallest absolute Gasteiger partial charge is 0.402 e. The molecule has 0 atom stereocenters. The second-order valence-corrected chi connectivity index (χ2v) is 0.346. The van der Waals surface area contributed by atoms with Crippen LogP contribution < -0.4 is 0 Å². The van der Waals surface area contributed by atoms with Gasteiger partial charge in [0.2, 0.25) is 0 Å². The van der Waals surface area contributed by atoms with Crippen LogP contribution in [0.3, 0.4) is 0 Å². The molecular formula is H4BIO3Pd. The Kier molecular flexibility index (Phi) is 25.1. The Morgan fingerprint density at radius 3 is 1.00 bits per heavy atom. The van der Waals surface area contributed by atoms with Crippen LogP contribution >= 0.6 is 24.0 Å². The molecule has 0 aliphatic carbocycles. The molecule has 6 heteroatoms. The van der Waals surface area contributed by atoms with Crippen molar-refractivity contribution in [1.82, 2.24) is 0 Å². The van der Waals surface area contributed by atoms with Gasteiger partial charge in [0, 0.05) is 20.4 Å². The average Bonchev–Trinajstić information content (AvgIpc) is 0.811. The summed E-state index contributed by atoms with van der Waals surface area (Å²) in [6.45, 7) is 0. The monoisotopic (exact) mass is 296 g/mol. The van der Waals surface area contributed by atoms with Crippen LogP contribution in [0.5, 0.6) is 0 Å². The third-order valence-corrected chi connectivity index (χ3v) is 0. The maximum absolute atomic E-state index is 7.17. The first-order valence-corrected chi connectivity index (χ1v) is 0.775. The molecule has 0 aliphatic rings. The van der Waals surface area contributed by atoms with E-state index in [1.807, 2.05) is 0 Å². The molecule has 0 aromatic carbocycles. The van der Waals surface area contributed by atoms with E-state index in [0.717, 1.165) is 0 Å². The summed E-state index contributed by atoms with van der Waals surface area (Å²) < 4.78 is 0. The zero-order valence-corrected chi connectivity index (χ0v) is 6.53. The topological polar surface area (TPSA) is 60.7 Å². The molecule has 3 N–H and O–H groups in total. The molecule has 0 saturated heterocycles. The van der Waals surface area contributed by atoms with Gasteiger partial charge in [-0.05, 0) is 0 Å². The molecule has 42 valence electrons. The molecule has 0 aromatic rings. The quantitative estimate of drug-likeness (QED) is 0.379. The van der Waals surface area contributed by atoms with Gasteiger partial charge in [0.05, 0.1) is 0 Å². The number of rotatable bonds is 0. The summed E-state index contributed by atoms with van der Waals surface area (Å²) in [7, 11) is -2.17. The fourth-order valence-corrected chi connectivity index (χ4v) is 0. The zero-order valence-electron chi connectivity index (χ0n) is 2.64. The Morgan fingerprint density at radius 1 is 1.00 bits per heavy atom. The van der Waals surface area contributed by atoms with Gasteiger partial charge in [0.1, 0.15) is 0 Å². The fourth-order valence-electron chi connectivity index (χ4n) is 0. The Balaban J connectivity index is -0.0000000450. The van der Waals surface area contributed by atoms with Gasteiger partial charge in [-0.15, -0.1) is 24.0 Å². The first-order chi connectivity index (χ1) is 1.73. The normalized spacial score (nSPS) is 4.50. The SMILES string of the molecule is I.OB(O)O.[Pd]. The van der Waals surface area contributed by atoms with Gasteiger partial charge in [-0.25, -0.2) is 0 Å². The summed E-state index contributed by atoms with van der Waals surface area (Å²) in [5, 5.41) is 21.5. The molecule has 0 bridgehead atoms. The number of halogens is 1. The molecule has 0 amide bonds. The van der Waals surface area contributed by atoms with E-state index >= 15 is 0 Å². The van der Waals surface area contributed by atoms with E-state index in [1.54, 1.807) is 0 Å². The van der Waals surface area contributed by atoms with E-state index in [1.165, 1.54) is 0 Å². The van der Waals surface area contributed by atoms with E-state index in [-0.39, 0.29) is 44.4 Å². The number of hydrogen-bond donors (Lipinski definition) is 3. The summed E-state index contributed by atoms with van der Waals surface area (Å²) in [5.41, 5.74) is 0. The van der Waals surface area contributed by atoms with Crippen molar-refractivity contribution >= 4 is 31.3 Å². The van der Waals surface area contributed by atoms with Crippen molar-refractivity contribution in [1.29, 1.82) is 0 Å². The summed E-state index contributed by atoms with van der Waals surface area (Å²) in [6, 6.07) is 0. The molecule has 0 fully saturated rings. The molecule has 0 aromatic heterocycles. The van der Waals surface area contributed by atoms with Gasteiger partial charge in [-0.3, -0.25) is 0 Å². The third kappa shape index (κ3) is 56.1. The van der Waals surface area contributed by atoms with Crippen LogP contribution in [0.2, 0.25) is 0 Å². The maximum Gasteiger partial charge on any atom is 0.631 e. The molecule has 0 rings (SSSR count). The Bertz CT molecular complexity index is 15.5.